The van der Waals surface area contributed by atoms with Crippen LogP contribution in [0.1, 0.15) is 10.4 Å². The Balaban J connectivity index is 1.76. The number of rotatable bonds is 6. The van der Waals surface area contributed by atoms with Gasteiger partial charge in [0.05, 0.1) is 22.2 Å². The number of carboxylic acids is 1. The Bertz CT molecular complexity index is 1150. The Morgan fingerprint density at radius 2 is 2.12 bits per heavy atom. The number of sulfonamides is 1. The van der Waals surface area contributed by atoms with Gasteiger partial charge in [-0.05, 0) is 29.6 Å². The fraction of sp³-hybridized carbons (Fsp3) is 0.133. The minimum atomic E-state index is -4.06. The van der Waals surface area contributed by atoms with Crippen LogP contribution in [0.4, 0.5) is 4.39 Å². The minimum Gasteiger partial charge on any atom is -0.478 e. The van der Waals surface area contributed by atoms with Gasteiger partial charge in [0.15, 0.2) is 0 Å². The van der Waals surface area contributed by atoms with Crippen molar-refractivity contribution in [1.29, 1.82) is 0 Å². The Morgan fingerprint density at radius 3 is 2.85 bits per heavy atom. The highest BCUT2D eigenvalue weighted by molar-refractivity contribution is 7.89. The van der Waals surface area contributed by atoms with Gasteiger partial charge in [0.25, 0.3) is 5.56 Å². The van der Waals surface area contributed by atoms with Crippen molar-refractivity contribution in [2.24, 2.45) is 0 Å². The van der Waals surface area contributed by atoms with Crippen molar-refractivity contribution >= 4 is 37.5 Å². The molecule has 0 radical (unpaired) electrons. The molecule has 3 aromatic rings. The zero-order valence-corrected chi connectivity index (χ0v) is 14.7. The van der Waals surface area contributed by atoms with Crippen molar-refractivity contribution in [1.82, 2.24) is 14.3 Å². The number of carboxylic acid groups (broad SMARTS) is 1. The summed E-state index contributed by atoms with van der Waals surface area (Å²) in [7, 11) is -4.06. The molecule has 0 aliphatic heterocycles. The highest BCUT2D eigenvalue weighted by atomic mass is 32.2. The van der Waals surface area contributed by atoms with Crippen LogP contribution in [0.3, 0.4) is 0 Å². The molecule has 0 saturated carbocycles. The van der Waals surface area contributed by atoms with Crippen molar-refractivity contribution in [2.75, 3.05) is 6.54 Å². The number of benzene rings is 1. The summed E-state index contributed by atoms with van der Waals surface area (Å²) in [4.78, 5) is 27.5. The third-order valence-corrected chi connectivity index (χ3v) is 5.85. The van der Waals surface area contributed by atoms with Gasteiger partial charge in [-0.2, -0.15) is 0 Å². The van der Waals surface area contributed by atoms with E-state index in [0.29, 0.717) is 10.2 Å². The standard InChI is InChI=1S/C15H12FN3O5S2/c16-12-2-1-9(7-11(12)15(21)22)26(23,24)18-4-5-19-8-17-13-10(14(19)20)3-6-25-13/h1-3,6-8,18H,4-5H2,(H,21,22). The molecule has 136 valence electrons. The van der Waals surface area contributed by atoms with Crippen LogP contribution in [0.15, 0.2) is 45.7 Å². The largest absolute Gasteiger partial charge is 0.478 e. The molecule has 2 aromatic heterocycles. The number of nitrogens with zero attached hydrogens (tertiary/aromatic N) is 2. The summed E-state index contributed by atoms with van der Waals surface area (Å²) in [6.45, 7) is -0.0941. The fourth-order valence-corrected chi connectivity index (χ4v) is 4.04. The summed E-state index contributed by atoms with van der Waals surface area (Å²) in [6.07, 6.45) is 1.33. The third-order valence-electron chi connectivity index (χ3n) is 3.57. The number of hydrogen-bond acceptors (Lipinski definition) is 6. The molecule has 0 saturated heterocycles. The van der Waals surface area contributed by atoms with E-state index in [9.17, 15) is 22.4 Å². The van der Waals surface area contributed by atoms with Crippen molar-refractivity contribution < 1.29 is 22.7 Å². The molecule has 11 heteroatoms. The summed E-state index contributed by atoms with van der Waals surface area (Å²) in [5.74, 6) is -2.60. The molecule has 0 atom stereocenters. The molecular formula is C15H12FN3O5S2. The van der Waals surface area contributed by atoms with E-state index in [1.807, 2.05) is 0 Å². The second-order valence-corrected chi connectivity index (χ2v) is 7.89. The lowest BCUT2D eigenvalue weighted by atomic mass is 10.2. The number of fused-ring (bicyclic) bond motifs is 1. The molecule has 0 spiro atoms. The lowest BCUT2D eigenvalue weighted by Crippen LogP contribution is -2.31. The number of thiophene rings is 1. The van der Waals surface area contributed by atoms with Crippen LogP contribution < -0.4 is 10.3 Å². The molecule has 0 amide bonds. The molecule has 2 heterocycles. The Kier molecular flexibility index (Phi) is 4.85. The number of carbonyl (C=O) groups is 1. The second-order valence-electron chi connectivity index (χ2n) is 5.23. The maximum atomic E-state index is 13.4. The average Bonchev–Trinajstić information content (AvgIpc) is 3.06. The van der Waals surface area contributed by atoms with Crippen LogP contribution in [-0.4, -0.2) is 35.6 Å². The van der Waals surface area contributed by atoms with Crippen molar-refractivity contribution in [3.63, 3.8) is 0 Å². The van der Waals surface area contributed by atoms with Crippen LogP contribution in [0.25, 0.3) is 10.2 Å². The highest BCUT2D eigenvalue weighted by Crippen LogP contribution is 2.15. The van der Waals surface area contributed by atoms with Crippen molar-refractivity contribution in [3.8, 4) is 0 Å². The molecule has 0 aliphatic rings. The number of nitrogens with one attached hydrogen (secondary N) is 1. The van der Waals surface area contributed by atoms with Crippen LogP contribution in [-0.2, 0) is 16.6 Å². The smallest absolute Gasteiger partial charge is 0.338 e. The Morgan fingerprint density at radius 1 is 1.35 bits per heavy atom. The van der Waals surface area contributed by atoms with Gasteiger partial charge in [-0.1, -0.05) is 0 Å². The molecule has 1 aromatic carbocycles. The molecule has 2 N–H and O–H groups in total. The first-order valence-corrected chi connectivity index (χ1v) is 9.61. The monoisotopic (exact) mass is 397 g/mol. The number of halogens is 1. The molecule has 26 heavy (non-hydrogen) atoms. The zero-order valence-electron chi connectivity index (χ0n) is 13.0. The van der Waals surface area contributed by atoms with Gasteiger partial charge in [-0.15, -0.1) is 11.3 Å². The average molecular weight is 397 g/mol. The molecule has 3 rings (SSSR count). The molecular weight excluding hydrogens is 385 g/mol. The van der Waals surface area contributed by atoms with Gasteiger partial charge in [0.1, 0.15) is 10.6 Å². The van der Waals surface area contributed by atoms with Crippen molar-refractivity contribution in [2.45, 2.75) is 11.4 Å². The van der Waals surface area contributed by atoms with Gasteiger partial charge < -0.3 is 5.11 Å². The number of aromatic carboxylic acids is 1. The normalized spacial score (nSPS) is 11.7. The summed E-state index contributed by atoms with van der Waals surface area (Å²) >= 11 is 1.33. The summed E-state index contributed by atoms with van der Waals surface area (Å²) in [5, 5.41) is 11.1. The Hall–Kier alpha value is -2.63. The van der Waals surface area contributed by atoms with E-state index in [2.05, 4.69) is 9.71 Å². The van der Waals surface area contributed by atoms with Gasteiger partial charge >= 0.3 is 5.97 Å². The zero-order chi connectivity index (χ0) is 18.9. The third kappa shape index (κ3) is 3.49. The van der Waals surface area contributed by atoms with E-state index in [1.54, 1.807) is 11.4 Å². The second kappa shape index (κ2) is 6.94. The Labute approximate surface area is 150 Å². The number of hydrogen-bond donors (Lipinski definition) is 2. The quantitative estimate of drug-likeness (QED) is 0.647. The van der Waals surface area contributed by atoms with Gasteiger partial charge in [0, 0.05) is 13.1 Å². The van der Waals surface area contributed by atoms with E-state index in [4.69, 9.17) is 5.11 Å². The maximum Gasteiger partial charge on any atom is 0.338 e. The maximum absolute atomic E-state index is 13.4. The van der Waals surface area contributed by atoms with Crippen LogP contribution in [0.2, 0.25) is 0 Å². The summed E-state index contributed by atoms with van der Waals surface area (Å²) in [5.41, 5.74) is -1.03. The van der Waals surface area contributed by atoms with Gasteiger partial charge in [-0.25, -0.2) is 27.3 Å². The highest BCUT2D eigenvalue weighted by Gasteiger charge is 2.19. The predicted molar refractivity (Wildman–Crippen MR) is 92.4 cm³/mol. The van der Waals surface area contributed by atoms with Crippen LogP contribution in [0.5, 0.6) is 0 Å². The van der Waals surface area contributed by atoms with E-state index in [-0.39, 0.29) is 23.5 Å². The van der Waals surface area contributed by atoms with Crippen LogP contribution >= 0.6 is 11.3 Å². The lowest BCUT2D eigenvalue weighted by Gasteiger charge is -2.09. The topological polar surface area (TPSA) is 118 Å². The predicted octanol–water partition coefficient (Wildman–Crippen LogP) is 1.27. The van der Waals surface area contributed by atoms with Gasteiger partial charge in [0.2, 0.25) is 10.0 Å². The van der Waals surface area contributed by atoms with Gasteiger partial charge in [-0.3, -0.25) is 9.36 Å². The SMILES string of the molecule is O=C(O)c1cc(S(=O)(=O)NCCn2cnc3sccc3c2=O)ccc1F. The number of aromatic nitrogens is 2. The molecule has 0 unspecified atom stereocenters. The minimum absolute atomic E-state index is 0.0316. The molecule has 8 nitrogen and oxygen atoms in total. The van der Waals surface area contributed by atoms with E-state index in [0.717, 1.165) is 18.2 Å². The van der Waals surface area contributed by atoms with E-state index < -0.39 is 27.4 Å². The summed E-state index contributed by atoms with van der Waals surface area (Å²) < 4.78 is 41.4. The lowest BCUT2D eigenvalue weighted by molar-refractivity contribution is 0.0691. The molecule has 0 bridgehead atoms. The molecule has 0 aliphatic carbocycles. The first-order valence-electron chi connectivity index (χ1n) is 7.25. The summed E-state index contributed by atoms with van der Waals surface area (Å²) in [6, 6.07) is 4.12. The van der Waals surface area contributed by atoms with E-state index in [1.165, 1.54) is 22.2 Å². The van der Waals surface area contributed by atoms with Crippen molar-refractivity contribution in [3.05, 3.63) is 57.7 Å². The first kappa shape index (κ1) is 18.2. The van der Waals surface area contributed by atoms with E-state index >= 15 is 0 Å². The van der Waals surface area contributed by atoms with Crippen LogP contribution in [0, 0.1) is 5.82 Å². The first-order chi connectivity index (χ1) is 12.3. The molecule has 0 fully saturated rings. The fourth-order valence-electron chi connectivity index (χ4n) is 2.27.